The van der Waals surface area contributed by atoms with Crippen molar-refractivity contribution in [2.24, 2.45) is 0 Å². The Morgan fingerprint density at radius 3 is 3.21 bits per heavy atom. The molecule has 0 fully saturated rings. The number of pyridine rings is 1. The molecule has 0 atom stereocenters. The Hall–Kier alpha value is -1.58. The summed E-state index contributed by atoms with van der Waals surface area (Å²) >= 11 is 0. The lowest BCUT2D eigenvalue weighted by Gasteiger charge is -2.34. The summed E-state index contributed by atoms with van der Waals surface area (Å²) in [6.45, 7) is 2.23. The zero-order valence-electron chi connectivity index (χ0n) is 8.18. The third-order valence-corrected chi connectivity index (χ3v) is 2.48. The van der Waals surface area contributed by atoms with Crippen molar-refractivity contribution in [2.45, 2.75) is 0 Å². The van der Waals surface area contributed by atoms with Crippen molar-refractivity contribution in [3.63, 3.8) is 0 Å². The van der Waals surface area contributed by atoms with Gasteiger partial charge in [0.05, 0.1) is 12.2 Å². The SMILES string of the molecule is CN1CCN(CC=O)c2ncccc21. The molecular weight excluding hydrogens is 178 g/mol. The lowest BCUT2D eigenvalue weighted by Crippen LogP contribution is -2.40. The molecule has 0 amide bonds. The van der Waals surface area contributed by atoms with Crippen molar-refractivity contribution in [3.05, 3.63) is 18.3 Å². The summed E-state index contributed by atoms with van der Waals surface area (Å²) in [5.74, 6) is 0.911. The smallest absolute Gasteiger partial charge is 0.152 e. The van der Waals surface area contributed by atoms with Crippen molar-refractivity contribution in [2.75, 3.05) is 36.5 Å². The molecule has 0 bridgehead atoms. The number of aldehydes is 1. The Kier molecular flexibility index (Phi) is 2.35. The van der Waals surface area contributed by atoms with Crippen LogP contribution in [0.2, 0.25) is 0 Å². The van der Waals surface area contributed by atoms with Gasteiger partial charge in [0.2, 0.25) is 0 Å². The normalized spacial score (nSPS) is 15.2. The van der Waals surface area contributed by atoms with Gasteiger partial charge in [-0.3, -0.25) is 0 Å². The molecule has 4 heteroatoms. The molecule has 0 saturated heterocycles. The van der Waals surface area contributed by atoms with Crippen LogP contribution < -0.4 is 9.80 Å². The minimum atomic E-state index is 0.428. The number of carbonyl (C=O) groups excluding carboxylic acids is 1. The lowest BCUT2D eigenvalue weighted by molar-refractivity contribution is -0.106. The van der Waals surface area contributed by atoms with Crippen molar-refractivity contribution < 1.29 is 4.79 Å². The fraction of sp³-hybridized carbons (Fsp3) is 0.400. The second-order valence-corrected chi connectivity index (χ2v) is 3.38. The van der Waals surface area contributed by atoms with Crippen molar-refractivity contribution in [1.82, 2.24) is 4.98 Å². The van der Waals surface area contributed by atoms with E-state index in [-0.39, 0.29) is 0 Å². The highest BCUT2D eigenvalue weighted by Crippen LogP contribution is 2.28. The number of aromatic nitrogens is 1. The summed E-state index contributed by atoms with van der Waals surface area (Å²) in [5, 5.41) is 0. The van der Waals surface area contributed by atoms with E-state index in [0.717, 1.165) is 30.9 Å². The second kappa shape index (κ2) is 3.65. The van der Waals surface area contributed by atoms with Gasteiger partial charge in [-0.2, -0.15) is 0 Å². The Labute approximate surface area is 83.2 Å². The van der Waals surface area contributed by atoms with Gasteiger partial charge in [-0.1, -0.05) is 0 Å². The Morgan fingerprint density at radius 2 is 2.43 bits per heavy atom. The van der Waals surface area contributed by atoms with Gasteiger partial charge in [0.1, 0.15) is 6.29 Å². The van der Waals surface area contributed by atoms with Gasteiger partial charge in [0.15, 0.2) is 5.82 Å². The van der Waals surface area contributed by atoms with Crippen LogP contribution in [0.4, 0.5) is 11.5 Å². The number of nitrogens with zero attached hydrogens (tertiary/aromatic N) is 3. The highest BCUT2D eigenvalue weighted by Gasteiger charge is 2.20. The van der Waals surface area contributed by atoms with Gasteiger partial charge in [0.25, 0.3) is 0 Å². The predicted octanol–water partition coefficient (Wildman–Crippen LogP) is 0.537. The van der Waals surface area contributed by atoms with E-state index in [1.807, 2.05) is 24.1 Å². The van der Waals surface area contributed by atoms with Crippen LogP contribution in [0.3, 0.4) is 0 Å². The number of anilines is 2. The molecule has 1 aromatic heterocycles. The third-order valence-electron chi connectivity index (χ3n) is 2.48. The highest BCUT2D eigenvalue weighted by molar-refractivity contribution is 5.72. The predicted molar refractivity (Wildman–Crippen MR) is 55.8 cm³/mol. The number of likely N-dealkylation sites (N-methyl/N-ethyl adjacent to an activating group) is 1. The number of hydrogen-bond donors (Lipinski definition) is 0. The molecule has 0 spiro atoms. The van der Waals surface area contributed by atoms with E-state index in [4.69, 9.17) is 0 Å². The summed E-state index contributed by atoms with van der Waals surface area (Å²) in [7, 11) is 2.04. The number of hydrogen-bond acceptors (Lipinski definition) is 4. The first kappa shape index (κ1) is 8.99. The fourth-order valence-corrected chi connectivity index (χ4v) is 1.69. The molecular formula is C10H13N3O. The van der Waals surface area contributed by atoms with E-state index in [9.17, 15) is 4.79 Å². The molecule has 1 aliphatic heterocycles. The molecule has 1 aliphatic rings. The minimum Gasteiger partial charge on any atom is -0.370 e. The van der Waals surface area contributed by atoms with Gasteiger partial charge in [0, 0.05) is 26.3 Å². The fourth-order valence-electron chi connectivity index (χ4n) is 1.69. The number of carbonyl (C=O) groups is 1. The van der Waals surface area contributed by atoms with Crippen LogP contribution in [0.25, 0.3) is 0 Å². The van der Waals surface area contributed by atoms with E-state index in [0.29, 0.717) is 6.54 Å². The topological polar surface area (TPSA) is 36.4 Å². The second-order valence-electron chi connectivity index (χ2n) is 3.38. The molecule has 14 heavy (non-hydrogen) atoms. The molecule has 2 heterocycles. The number of rotatable bonds is 2. The van der Waals surface area contributed by atoms with E-state index < -0.39 is 0 Å². The number of fused-ring (bicyclic) bond motifs is 1. The van der Waals surface area contributed by atoms with E-state index in [1.165, 1.54) is 0 Å². The molecule has 2 rings (SSSR count). The molecule has 4 nitrogen and oxygen atoms in total. The van der Waals surface area contributed by atoms with Crippen molar-refractivity contribution in [3.8, 4) is 0 Å². The maximum Gasteiger partial charge on any atom is 0.152 e. The molecule has 0 unspecified atom stereocenters. The molecule has 0 N–H and O–H groups in total. The van der Waals surface area contributed by atoms with Crippen LogP contribution in [0.1, 0.15) is 0 Å². The third kappa shape index (κ3) is 1.43. The van der Waals surface area contributed by atoms with Gasteiger partial charge in [-0.15, -0.1) is 0 Å². The van der Waals surface area contributed by atoms with Gasteiger partial charge in [-0.25, -0.2) is 4.98 Å². The van der Waals surface area contributed by atoms with Crippen LogP contribution in [-0.2, 0) is 4.79 Å². The quantitative estimate of drug-likeness (QED) is 0.639. The zero-order chi connectivity index (χ0) is 9.97. The summed E-state index contributed by atoms with van der Waals surface area (Å²) in [6, 6.07) is 3.94. The summed E-state index contributed by atoms with van der Waals surface area (Å²) in [5.41, 5.74) is 1.10. The average molecular weight is 191 g/mol. The molecule has 0 aliphatic carbocycles. The summed E-state index contributed by atoms with van der Waals surface area (Å²) in [6.07, 6.45) is 2.68. The van der Waals surface area contributed by atoms with Crippen LogP contribution >= 0.6 is 0 Å². The largest absolute Gasteiger partial charge is 0.370 e. The maximum atomic E-state index is 10.5. The first-order valence-electron chi connectivity index (χ1n) is 4.67. The lowest BCUT2D eigenvalue weighted by atomic mass is 10.2. The Balaban J connectivity index is 2.36. The molecule has 74 valence electrons. The minimum absolute atomic E-state index is 0.428. The van der Waals surface area contributed by atoms with Crippen LogP contribution in [0.5, 0.6) is 0 Å². The van der Waals surface area contributed by atoms with E-state index in [2.05, 4.69) is 9.88 Å². The van der Waals surface area contributed by atoms with Crippen molar-refractivity contribution in [1.29, 1.82) is 0 Å². The van der Waals surface area contributed by atoms with E-state index >= 15 is 0 Å². The first-order chi connectivity index (χ1) is 6.83. The van der Waals surface area contributed by atoms with Crippen molar-refractivity contribution >= 4 is 17.8 Å². The van der Waals surface area contributed by atoms with Crippen LogP contribution in [0.15, 0.2) is 18.3 Å². The average Bonchev–Trinajstić information content (AvgIpc) is 2.23. The Bertz CT molecular complexity index is 340. The van der Waals surface area contributed by atoms with Gasteiger partial charge in [-0.05, 0) is 12.1 Å². The first-order valence-corrected chi connectivity index (χ1v) is 4.67. The highest BCUT2D eigenvalue weighted by atomic mass is 16.1. The summed E-state index contributed by atoms with van der Waals surface area (Å²) in [4.78, 5) is 18.9. The summed E-state index contributed by atoms with van der Waals surface area (Å²) < 4.78 is 0. The molecule has 0 radical (unpaired) electrons. The molecule has 0 aromatic carbocycles. The van der Waals surface area contributed by atoms with Gasteiger partial charge >= 0.3 is 0 Å². The van der Waals surface area contributed by atoms with Crippen LogP contribution in [-0.4, -0.2) is 38.0 Å². The zero-order valence-corrected chi connectivity index (χ0v) is 8.18. The molecule has 0 saturated carbocycles. The van der Waals surface area contributed by atoms with Crippen LogP contribution in [0, 0.1) is 0 Å². The van der Waals surface area contributed by atoms with Gasteiger partial charge < -0.3 is 14.6 Å². The van der Waals surface area contributed by atoms with E-state index in [1.54, 1.807) is 6.20 Å². The standard InChI is InChI=1S/C10H13N3O/c1-12-5-6-13(7-8-14)10-9(12)3-2-4-11-10/h2-4,8H,5-7H2,1H3. The Morgan fingerprint density at radius 1 is 1.57 bits per heavy atom. The maximum absolute atomic E-state index is 10.5. The monoisotopic (exact) mass is 191 g/mol. The molecule has 1 aromatic rings.